The fourth-order valence-corrected chi connectivity index (χ4v) is 7.76. The van der Waals surface area contributed by atoms with Crippen molar-refractivity contribution in [1.29, 1.82) is 0 Å². The van der Waals surface area contributed by atoms with Gasteiger partial charge in [-0.25, -0.2) is 19.2 Å². The number of amides is 3. The highest BCUT2D eigenvalue weighted by Crippen LogP contribution is 2.29. The molecule has 7 rings (SSSR count). The molecule has 7 aromatic carbocycles. The van der Waals surface area contributed by atoms with Crippen molar-refractivity contribution in [2.45, 2.75) is 114 Å². The van der Waals surface area contributed by atoms with Crippen LogP contribution in [0.25, 0.3) is 10.8 Å². The molecule has 488 valence electrons. The standard InChI is InChI=1S/C14H15NO2.C12H16N2O2.C12H16O4.C12H14O2.2C10H12ClNO2/c1-10(2)17-14(16)15-13-9-5-7-11-6-3-4-8-12(11)13;1-9(2)7-10(3)13-11-5-4-6-12(8-11)14(15)16;1-8(2)16-12(13)9-5-6-10(14-3)11(7-9)15-4;1-9(2)8-11(13)10-6-4-5-7-12(10)14-3;2*1-7(2)14-10(13)12-9-6-4-3-5-8(9)11/h3-10H,1-2H3,(H,15,16);4-6,8-9,13H,3,7H2,1-2H3;5-8H,1-4H3;4-8H,1-3H3;2*3-7H,1-2H3,(H,12,13). The lowest BCUT2D eigenvalue weighted by Crippen LogP contribution is -2.18. The van der Waals surface area contributed by atoms with Crippen molar-refractivity contribution >= 4 is 92.4 Å². The molecule has 0 atom stereocenters. The highest BCUT2D eigenvalue weighted by Gasteiger charge is 2.15. The zero-order chi connectivity index (χ0) is 68.2. The first-order valence-electron chi connectivity index (χ1n) is 28.9. The van der Waals surface area contributed by atoms with Gasteiger partial charge in [-0.3, -0.25) is 30.9 Å². The van der Waals surface area contributed by atoms with Crippen molar-refractivity contribution in [1.82, 2.24) is 0 Å². The number of benzene rings is 7. The number of carbonyl (C=O) groups excluding carboxylic acids is 5. The number of nitrogens with one attached hydrogen (secondary N) is 4. The average molecular weight is 1290 g/mol. The molecule has 3 amide bonds. The Bertz CT molecular complexity index is 3420. The number of allylic oxidation sites excluding steroid dienone is 3. The minimum atomic E-state index is -0.492. The van der Waals surface area contributed by atoms with Crippen LogP contribution in [0.2, 0.25) is 10.0 Å². The fraction of sp³-hybridized carbons (Fsp3) is 0.300. The molecule has 0 heterocycles. The maximum Gasteiger partial charge on any atom is 0.411 e. The molecule has 0 saturated carbocycles. The number of hydrogen-bond donors (Lipinski definition) is 4. The highest BCUT2D eigenvalue weighted by molar-refractivity contribution is 6.34. The number of nitrogens with zero attached hydrogens (tertiary/aromatic N) is 1. The van der Waals surface area contributed by atoms with Gasteiger partial charge < -0.3 is 38.5 Å². The number of rotatable bonds is 18. The summed E-state index contributed by atoms with van der Waals surface area (Å²) in [5, 5.41) is 24.6. The van der Waals surface area contributed by atoms with E-state index in [1.54, 1.807) is 153 Å². The van der Waals surface area contributed by atoms with E-state index in [4.69, 9.17) is 56.4 Å². The summed E-state index contributed by atoms with van der Waals surface area (Å²) in [6, 6.07) is 46.2. The van der Waals surface area contributed by atoms with E-state index in [0.717, 1.165) is 34.2 Å². The monoisotopic (exact) mass is 1290 g/mol. The number of halogens is 2. The van der Waals surface area contributed by atoms with Crippen LogP contribution in [-0.4, -0.2) is 80.7 Å². The van der Waals surface area contributed by atoms with Gasteiger partial charge in [0.25, 0.3) is 5.69 Å². The molecule has 21 heteroatoms. The van der Waals surface area contributed by atoms with Gasteiger partial charge in [0.2, 0.25) is 0 Å². The van der Waals surface area contributed by atoms with Gasteiger partial charge in [-0.05, 0) is 160 Å². The molecule has 0 bridgehead atoms. The quantitative estimate of drug-likeness (QED) is 0.0156. The second kappa shape index (κ2) is 41.6. The number of carbonyl (C=O) groups is 5. The first kappa shape index (κ1) is 77.5. The van der Waals surface area contributed by atoms with E-state index in [0.29, 0.717) is 61.4 Å². The fourth-order valence-electron chi connectivity index (χ4n) is 7.40. The largest absolute Gasteiger partial charge is 0.496 e. The second-order valence-electron chi connectivity index (χ2n) is 21.2. The number of nitro groups is 1. The Morgan fingerprint density at radius 3 is 1.45 bits per heavy atom. The lowest BCUT2D eigenvalue weighted by atomic mass is 10.1. The number of methoxy groups -OCH3 is 3. The summed E-state index contributed by atoms with van der Waals surface area (Å²) < 4.78 is 35.2. The Morgan fingerprint density at radius 1 is 0.516 bits per heavy atom. The van der Waals surface area contributed by atoms with Crippen molar-refractivity contribution in [2.75, 3.05) is 42.6 Å². The summed E-state index contributed by atoms with van der Waals surface area (Å²) in [4.78, 5) is 67.3. The van der Waals surface area contributed by atoms with Gasteiger partial charge in [-0.1, -0.05) is 128 Å². The molecule has 0 radical (unpaired) electrons. The van der Waals surface area contributed by atoms with Crippen LogP contribution in [0.1, 0.15) is 110 Å². The number of nitro benzene ring substituents is 1. The van der Waals surface area contributed by atoms with Crippen molar-refractivity contribution in [3.63, 3.8) is 0 Å². The Labute approximate surface area is 544 Å². The van der Waals surface area contributed by atoms with Crippen LogP contribution >= 0.6 is 23.2 Å². The Kier molecular flexibility index (Phi) is 35.4. The van der Waals surface area contributed by atoms with Gasteiger partial charge >= 0.3 is 24.2 Å². The Balaban J connectivity index is 0.000000373. The normalized spacial score (nSPS) is 10.0. The lowest BCUT2D eigenvalue weighted by molar-refractivity contribution is -0.384. The number of para-hydroxylation sites is 3. The highest BCUT2D eigenvalue weighted by atomic mass is 35.5. The summed E-state index contributed by atoms with van der Waals surface area (Å²) in [5.41, 5.74) is 5.59. The van der Waals surface area contributed by atoms with Crippen molar-refractivity contribution in [3.8, 4) is 17.2 Å². The molecule has 19 nitrogen and oxygen atoms in total. The third kappa shape index (κ3) is 31.4. The van der Waals surface area contributed by atoms with Gasteiger partial charge in [0.05, 0.1) is 88.9 Å². The van der Waals surface area contributed by atoms with Gasteiger partial charge in [0.1, 0.15) is 5.75 Å². The number of ether oxygens (including phenoxy) is 7. The van der Waals surface area contributed by atoms with E-state index >= 15 is 0 Å². The van der Waals surface area contributed by atoms with Crippen LogP contribution in [0.3, 0.4) is 0 Å². The predicted octanol–water partition coefficient (Wildman–Crippen LogP) is 19.1. The molecule has 0 aromatic heterocycles. The molecule has 0 spiro atoms. The van der Waals surface area contributed by atoms with E-state index < -0.39 is 23.2 Å². The van der Waals surface area contributed by atoms with Gasteiger partial charge in [-0.2, -0.15) is 0 Å². The number of esters is 1. The van der Waals surface area contributed by atoms with E-state index in [-0.39, 0.29) is 41.9 Å². The second-order valence-corrected chi connectivity index (χ2v) is 22.0. The molecule has 0 aliphatic heterocycles. The van der Waals surface area contributed by atoms with Gasteiger partial charge in [0, 0.05) is 28.9 Å². The average Bonchev–Trinajstić information content (AvgIpc) is 1.29. The van der Waals surface area contributed by atoms with Gasteiger partial charge in [-0.15, -0.1) is 0 Å². The van der Waals surface area contributed by atoms with Gasteiger partial charge in [0.15, 0.2) is 17.3 Å². The zero-order valence-corrected chi connectivity index (χ0v) is 55.8. The zero-order valence-electron chi connectivity index (χ0n) is 54.3. The molecule has 0 unspecified atom stereocenters. The smallest absolute Gasteiger partial charge is 0.411 e. The van der Waals surface area contributed by atoms with E-state index in [1.807, 2.05) is 82.3 Å². The molecular weight excluding hydrogens is 1210 g/mol. The first-order valence-corrected chi connectivity index (χ1v) is 29.7. The topological polar surface area (TPSA) is 241 Å². The number of fused-ring (bicyclic) bond motifs is 1. The molecular formula is C70H85Cl2N5O14. The van der Waals surface area contributed by atoms with Crippen LogP contribution < -0.4 is 35.5 Å². The number of anilines is 4. The SMILES string of the molecule is C=C(CC(C)C)Nc1cccc([N+](=O)[O-])c1.CC(C)OC(=O)Nc1cccc2ccccc12.CC(C)OC(=O)Nc1ccccc1Cl.CC(C)OC(=O)Nc1ccccc1Cl.COc1ccc(C(=O)OC(C)C)cc1OC.COc1ccccc1C(=O)C=C(C)C. The molecule has 4 N–H and O–H groups in total. The van der Waals surface area contributed by atoms with Crippen LogP contribution in [0.5, 0.6) is 17.2 Å². The first-order chi connectivity index (χ1) is 43.1. The molecule has 0 aliphatic carbocycles. The molecule has 0 fully saturated rings. The van der Waals surface area contributed by atoms with Crippen LogP contribution in [0.4, 0.5) is 42.8 Å². The van der Waals surface area contributed by atoms with E-state index in [9.17, 15) is 34.1 Å². The summed E-state index contributed by atoms with van der Waals surface area (Å²) in [6.07, 6.45) is 0.513. The van der Waals surface area contributed by atoms with Crippen LogP contribution in [0, 0.1) is 16.0 Å². The third-order valence-corrected chi connectivity index (χ3v) is 11.7. The maximum absolute atomic E-state index is 11.7. The Hall–Kier alpha value is -9.59. The van der Waals surface area contributed by atoms with Crippen molar-refractivity contribution in [2.24, 2.45) is 5.92 Å². The van der Waals surface area contributed by atoms with Crippen molar-refractivity contribution in [3.05, 3.63) is 213 Å². The molecule has 0 aliphatic rings. The van der Waals surface area contributed by atoms with E-state index in [1.165, 1.54) is 19.2 Å². The summed E-state index contributed by atoms with van der Waals surface area (Å²) in [6.45, 7) is 26.3. The van der Waals surface area contributed by atoms with Crippen LogP contribution in [0.15, 0.2) is 182 Å². The summed E-state index contributed by atoms with van der Waals surface area (Å²) >= 11 is 11.7. The lowest BCUT2D eigenvalue weighted by Gasteiger charge is -2.11. The molecule has 7 aromatic rings. The van der Waals surface area contributed by atoms with Crippen molar-refractivity contribution < 1.29 is 62.1 Å². The molecule has 91 heavy (non-hydrogen) atoms. The predicted molar refractivity (Wildman–Crippen MR) is 365 cm³/mol. The van der Waals surface area contributed by atoms with Crippen LogP contribution in [-0.2, 0) is 18.9 Å². The maximum atomic E-state index is 11.7. The summed E-state index contributed by atoms with van der Waals surface area (Å²) in [7, 11) is 4.63. The number of ketones is 1. The third-order valence-electron chi connectivity index (χ3n) is 11.1. The van der Waals surface area contributed by atoms with E-state index in [2.05, 4.69) is 41.7 Å². The Morgan fingerprint density at radius 2 is 0.967 bits per heavy atom. The number of hydrogen-bond acceptors (Lipinski definition) is 15. The summed E-state index contributed by atoms with van der Waals surface area (Å²) in [5.74, 6) is 1.86. The number of non-ortho nitro benzene ring substituents is 1. The minimum Gasteiger partial charge on any atom is -0.496 e. The molecule has 0 saturated heterocycles. The minimum absolute atomic E-state index is 0.0116.